The molecule has 3 aromatic rings. The summed E-state index contributed by atoms with van der Waals surface area (Å²) in [7, 11) is 0. The molecule has 1 heterocycles. The Balaban J connectivity index is 1.81. The maximum absolute atomic E-state index is 10.5. The van der Waals surface area contributed by atoms with Crippen LogP contribution in [0.15, 0.2) is 60.8 Å². The van der Waals surface area contributed by atoms with Gasteiger partial charge in [0, 0.05) is 17.1 Å². The first-order chi connectivity index (χ1) is 10.3. The Morgan fingerprint density at radius 2 is 1.81 bits per heavy atom. The van der Waals surface area contributed by atoms with E-state index in [-0.39, 0.29) is 0 Å². The van der Waals surface area contributed by atoms with Crippen LogP contribution in [0.3, 0.4) is 0 Å². The number of para-hydroxylation sites is 1. The van der Waals surface area contributed by atoms with Gasteiger partial charge in [-0.25, -0.2) is 0 Å². The van der Waals surface area contributed by atoms with Crippen LogP contribution >= 0.6 is 0 Å². The molecule has 0 aliphatic carbocycles. The minimum atomic E-state index is -0.483. The summed E-state index contributed by atoms with van der Waals surface area (Å²) in [6.45, 7) is 2.11. The van der Waals surface area contributed by atoms with Gasteiger partial charge < -0.3 is 5.11 Å². The standard InChI is InChI=1S/C19H19NO/c1-14-6-2-3-7-15(14)11-12-18(21)17-10-4-8-16-9-5-13-20-19(16)17/h2-10,13,18,21H,11-12H2,1H3. The highest BCUT2D eigenvalue weighted by molar-refractivity contribution is 5.81. The van der Waals surface area contributed by atoms with Gasteiger partial charge in [-0.15, -0.1) is 0 Å². The quantitative estimate of drug-likeness (QED) is 0.775. The number of pyridine rings is 1. The predicted molar refractivity (Wildman–Crippen MR) is 86.2 cm³/mol. The molecular weight excluding hydrogens is 258 g/mol. The highest BCUT2D eigenvalue weighted by atomic mass is 16.3. The molecule has 0 saturated carbocycles. The van der Waals surface area contributed by atoms with E-state index in [0.29, 0.717) is 6.42 Å². The maximum Gasteiger partial charge on any atom is 0.0814 e. The van der Waals surface area contributed by atoms with Crippen molar-refractivity contribution >= 4 is 10.9 Å². The Labute approximate surface area is 125 Å². The van der Waals surface area contributed by atoms with Gasteiger partial charge in [-0.05, 0) is 37.0 Å². The molecule has 1 aromatic heterocycles. The van der Waals surface area contributed by atoms with Crippen LogP contribution < -0.4 is 0 Å². The van der Waals surface area contributed by atoms with Crippen LogP contribution in [-0.4, -0.2) is 10.1 Å². The number of benzene rings is 2. The minimum Gasteiger partial charge on any atom is -0.388 e. The summed E-state index contributed by atoms with van der Waals surface area (Å²) in [6.07, 6.45) is 2.88. The fourth-order valence-corrected chi connectivity index (χ4v) is 2.74. The van der Waals surface area contributed by atoms with Crippen molar-refractivity contribution in [1.29, 1.82) is 0 Å². The summed E-state index contributed by atoms with van der Waals surface area (Å²) in [5.74, 6) is 0. The zero-order chi connectivity index (χ0) is 14.7. The Kier molecular flexibility index (Phi) is 3.98. The van der Waals surface area contributed by atoms with E-state index >= 15 is 0 Å². The minimum absolute atomic E-state index is 0.483. The second-order valence-electron chi connectivity index (χ2n) is 5.40. The van der Waals surface area contributed by atoms with Crippen LogP contribution in [0, 0.1) is 6.92 Å². The van der Waals surface area contributed by atoms with Crippen LogP contribution in [0.25, 0.3) is 10.9 Å². The van der Waals surface area contributed by atoms with Gasteiger partial charge in [-0.2, -0.15) is 0 Å². The van der Waals surface area contributed by atoms with E-state index in [9.17, 15) is 5.11 Å². The first kappa shape index (κ1) is 13.8. The summed E-state index contributed by atoms with van der Waals surface area (Å²) in [5, 5.41) is 11.6. The number of nitrogens with zero attached hydrogens (tertiary/aromatic N) is 1. The lowest BCUT2D eigenvalue weighted by Gasteiger charge is -2.14. The van der Waals surface area contributed by atoms with Crippen LogP contribution in [0.1, 0.15) is 29.2 Å². The Morgan fingerprint density at radius 3 is 2.67 bits per heavy atom. The number of aromatic nitrogens is 1. The van der Waals surface area contributed by atoms with Crippen molar-refractivity contribution in [2.75, 3.05) is 0 Å². The molecular formula is C19H19NO. The Hall–Kier alpha value is -2.19. The number of hydrogen-bond donors (Lipinski definition) is 1. The zero-order valence-electron chi connectivity index (χ0n) is 12.2. The molecule has 1 N–H and O–H groups in total. The van der Waals surface area contributed by atoms with E-state index in [0.717, 1.165) is 22.9 Å². The molecule has 0 aliphatic heterocycles. The number of fused-ring (bicyclic) bond motifs is 1. The van der Waals surface area contributed by atoms with Crippen molar-refractivity contribution in [3.05, 3.63) is 77.5 Å². The molecule has 3 rings (SSSR count). The zero-order valence-corrected chi connectivity index (χ0v) is 12.2. The van der Waals surface area contributed by atoms with Crippen molar-refractivity contribution in [2.45, 2.75) is 25.9 Å². The van der Waals surface area contributed by atoms with E-state index < -0.39 is 6.10 Å². The van der Waals surface area contributed by atoms with E-state index in [1.54, 1.807) is 6.20 Å². The van der Waals surface area contributed by atoms with Gasteiger partial charge in [0.2, 0.25) is 0 Å². The normalized spacial score (nSPS) is 12.5. The average molecular weight is 277 g/mol. The molecule has 0 spiro atoms. The molecule has 0 radical (unpaired) electrons. The second-order valence-corrected chi connectivity index (χ2v) is 5.40. The van der Waals surface area contributed by atoms with Gasteiger partial charge in [0.15, 0.2) is 0 Å². The fraction of sp³-hybridized carbons (Fsp3) is 0.211. The summed E-state index contributed by atoms with van der Waals surface area (Å²) >= 11 is 0. The SMILES string of the molecule is Cc1ccccc1CCC(O)c1cccc2cccnc12. The largest absolute Gasteiger partial charge is 0.388 e. The molecule has 0 aliphatic rings. The van der Waals surface area contributed by atoms with Crippen LogP contribution in [0.4, 0.5) is 0 Å². The smallest absolute Gasteiger partial charge is 0.0814 e. The number of hydrogen-bond acceptors (Lipinski definition) is 2. The Morgan fingerprint density at radius 1 is 1.00 bits per heavy atom. The summed E-state index contributed by atoms with van der Waals surface area (Å²) in [5.41, 5.74) is 4.39. The molecule has 2 nitrogen and oxygen atoms in total. The summed E-state index contributed by atoms with van der Waals surface area (Å²) < 4.78 is 0. The topological polar surface area (TPSA) is 33.1 Å². The molecule has 2 aromatic carbocycles. The van der Waals surface area contributed by atoms with Gasteiger partial charge >= 0.3 is 0 Å². The van der Waals surface area contributed by atoms with Gasteiger partial charge in [-0.1, -0.05) is 48.5 Å². The number of rotatable bonds is 4. The Bertz CT molecular complexity index is 746. The van der Waals surface area contributed by atoms with Crippen molar-refractivity contribution in [1.82, 2.24) is 4.98 Å². The molecule has 0 bridgehead atoms. The number of aryl methyl sites for hydroxylation is 2. The third-order valence-electron chi connectivity index (χ3n) is 3.97. The average Bonchev–Trinajstić information content (AvgIpc) is 2.53. The van der Waals surface area contributed by atoms with Crippen molar-refractivity contribution in [2.24, 2.45) is 0 Å². The van der Waals surface area contributed by atoms with Gasteiger partial charge in [0.1, 0.15) is 0 Å². The summed E-state index contributed by atoms with van der Waals surface area (Å²) in [6, 6.07) is 18.3. The monoisotopic (exact) mass is 277 g/mol. The lowest BCUT2D eigenvalue weighted by molar-refractivity contribution is 0.169. The summed E-state index contributed by atoms with van der Waals surface area (Å²) in [4.78, 5) is 4.41. The molecule has 21 heavy (non-hydrogen) atoms. The van der Waals surface area contributed by atoms with Crippen molar-refractivity contribution < 1.29 is 5.11 Å². The first-order valence-electron chi connectivity index (χ1n) is 7.32. The third kappa shape index (κ3) is 2.96. The lowest BCUT2D eigenvalue weighted by Crippen LogP contribution is -2.02. The lowest BCUT2D eigenvalue weighted by atomic mass is 9.97. The van der Waals surface area contributed by atoms with E-state index in [1.807, 2.05) is 42.5 Å². The highest BCUT2D eigenvalue weighted by Crippen LogP contribution is 2.26. The van der Waals surface area contributed by atoms with Gasteiger partial charge in [-0.3, -0.25) is 4.98 Å². The molecule has 0 saturated heterocycles. The number of aliphatic hydroxyl groups excluding tert-OH is 1. The van der Waals surface area contributed by atoms with Crippen LogP contribution in [-0.2, 0) is 6.42 Å². The second kappa shape index (κ2) is 6.06. The van der Waals surface area contributed by atoms with Crippen molar-refractivity contribution in [3.63, 3.8) is 0 Å². The molecule has 1 unspecified atom stereocenters. The molecule has 0 fully saturated rings. The van der Waals surface area contributed by atoms with Gasteiger partial charge in [0.25, 0.3) is 0 Å². The molecule has 2 heteroatoms. The van der Waals surface area contributed by atoms with E-state index in [2.05, 4.69) is 24.0 Å². The fourth-order valence-electron chi connectivity index (χ4n) is 2.74. The predicted octanol–water partition coefficient (Wildman–Crippen LogP) is 4.21. The molecule has 0 amide bonds. The van der Waals surface area contributed by atoms with Crippen LogP contribution in [0.5, 0.6) is 0 Å². The first-order valence-corrected chi connectivity index (χ1v) is 7.32. The highest BCUT2D eigenvalue weighted by Gasteiger charge is 2.12. The molecule has 1 atom stereocenters. The number of aliphatic hydroxyl groups is 1. The maximum atomic E-state index is 10.5. The van der Waals surface area contributed by atoms with Gasteiger partial charge in [0.05, 0.1) is 11.6 Å². The molecule has 106 valence electrons. The van der Waals surface area contributed by atoms with E-state index in [4.69, 9.17) is 0 Å². The van der Waals surface area contributed by atoms with Crippen LogP contribution in [0.2, 0.25) is 0 Å². The van der Waals surface area contributed by atoms with Crippen molar-refractivity contribution in [3.8, 4) is 0 Å². The van der Waals surface area contributed by atoms with E-state index in [1.165, 1.54) is 11.1 Å². The third-order valence-corrected chi connectivity index (χ3v) is 3.97.